The molecule has 0 aliphatic heterocycles. The van der Waals surface area contributed by atoms with Crippen LogP contribution in [0.2, 0.25) is 0 Å². The van der Waals surface area contributed by atoms with Gasteiger partial charge in [-0.05, 0) is 45.1 Å². The number of methoxy groups -OCH3 is 1. The van der Waals surface area contributed by atoms with Crippen molar-refractivity contribution in [3.8, 4) is 5.75 Å². The Morgan fingerprint density at radius 2 is 1.81 bits per heavy atom. The lowest BCUT2D eigenvalue weighted by Crippen LogP contribution is -2.21. The topological polar surface area (TPSA) is 29.5 Å². The maximum absolute atomic E-state index is 11.1. The molecule has 1 aromatic carbocycles. The first-order valence-corrected chi connectivity index (χ1v) is 5.28. The van der Waals surface area contributed by atoms with E-state index >= 15 is 0 Å². The molecular weight excluding hydrogens is 202 g/mol. The molecule has 0 saturated carbocycles. The van der Waals surface area contributed by atoms with Crippen molar-refractivity contribution in [2.24, 2.45) is 0 Å². The number of aryl methyl sites for hydroxylation is 2. The van der Waals surface area contributed by atoms with Gasteiger partial charge in [0.2, 0.25) is 0 Å². The monoisotopic (exact) mass is 221 g/mol. The number of ether oxygens (including phenoxy) is 1. The van der Waals surface area contributed by atoms with Crippen LogP contribution in [0.1, 0.15) is 22.7 Å². The molecule has 88 valence electrons. The molecule has 0 aromatic heterocycles. The van der Waals surface area contributed by atoms with E-state index in [2.05, 4.69) is 0 Å². The lowest BCUT2D eigenvalue weighted by molar-refractivity contribution is -0.111. The molecule has 1 rings (SSSR count). The number of nitrogens with zero attached hydrogens (tertiary/aromatic N) is 1. The normalized spacial score (nSPS) is 12.6. The van der Waals surface area contributed by atoms with Gasteiger partial charge in [-0.2, -0.15) is 0 Å². The van der Waals surface area contributed by atoms with Crippen molar-refractivity contribution in [2.45, 2.75) is 19.9 Å². The van der Waals surface area contributed by atoms with Crippen LogP contribution in [-0.4, -0.2) is 32.4 Å². The Labute approximate surface area is 97.0 Å². The second-order valence-corrected chi connectivity index (χ2v) is 4.22. The molecule has 1 unspecified atom stereocenters. The Hall–Kier alpha value is -1.35. The lowest BCUT2D eigenvalue weighted by Gasteiger charge is -2.22. The van der Waals surface area contributed by atoms with E-state index in [9.17, 15) is 4.79 Å². The molecule has 3 heteroatoms. The highest BCUT2D eigenvalue weighted by molar-refractivity contribution is 5.64. The Kier molecular flexibility index (Phi) is 4.07. The molecule has 0 heterocycles. The highest BCUT2D eigenvalue weighted by atomic mass is 16.5. The summed E-state index contributed by atoms with van der Waals surface area (Å²) in [6.07, 6.45) is 0.937. The highest BCUT2D eigenvalue weighted by Gasteiger charge is 2.18. The molecule has 0 radical (unpaired) electrons. The van der Waals surface area contributed by atoms with Crippen molar-refractivity contribution in [3.63, 3.8) is 0 Å². The van der Waals surface area contributed by atoms with Crippen LogP contribution in [-0.2, 0) is 4.79 Å². The Morgan fingerprint density at radius 1 is 1.25 bits per heavy atom. The van der Waals surface area contributed by atoms with Crippen LogP contribution in [0.4, 0.5) is 0 Å². The van der Waals surface area contributed by atoms with E-state index in [1.54, 1.807) is 7.11 Å². The molecule has 1 aromatic rings. The van der Waals surface area contributed by atoms with Crippen LogP contribution in [0, 0.1) is 13.8 Å². The van der Waals surface area contributed by atoms with E-state index in [4.69, 9.17) is 4.74 Å². The molecule has 1 atom stereocenters. The second kappa shape index (κ2) is 5.12. The third-order valence-electron chi connectivity index (χ3n) is 2.85. The summed E-state index contributed by atoms with van der Waals surface area (Å²) in [6, 6.07) is 3.74. The van der Waals surface area contributed by atoms with Gasteiger partial charge >= 0.3 is 0 Å². The van der Waals surface area contributed by atoms with Gasteiger partial charge in [-0.1, -0.05) is 6.07 Å². The minimum Gasteiger partial charge on any atom is -0.496 e. The van der Waals surface area contributed by atoms with Gasteiger partial charge in [-0.15, -0.1) is 0 Å². The van der Waals surface area contributed by atoms with Crippen LogP contribution in [0.3, 0.4) is 0 Å². The summed E-state index contributed by atoms with van der Waals surface area (Å²) in [5, 5.41) is 0. The maximum Gasteiger partial charge on any atom is 0.141 e. The number of hydrogen-bond donors (Lipinski definition) is 0. The number of aldehydes is 1. The molecule has 0 N–H and O–H groups in total. The number of benzene rings is 1. The van der Waals surface area contributed by atoms with E-state index in [0.29, 0.717) is 0 Å². The van der Waals surface area contributed by atoms with Gasteiger partial charge < -0.3 is 9.53 Å². The minimum atomic E-state index is -0.255. The molecule has 0 spiro atoms. The summed E-state index contributed by atoms with van der Waals surface area (Å²) in [4.78, 5) is 13.0. The SMILES string of the molecule is COc1cc(C)c(C)cc1C(C=O)N(C)C. The van der Waals surface area contributed by atoms with Gasteiger partial charge in [-0.25, -0.2) is 0 Å². The largest absolute Gasteiger partial charge is 0.496 e. The van der Waals surface area contributed by atoms with Gasteiger partial charge in [0.1, 0.15) is 12.0 Å². The average Bonchev–Trinajstić information content (AvgIpc) is 2.23. The van der Waals surface area contributed by atoms with E-state index in [0.717, 1.165) is 17.6 Å². The molecule has 0 amide bonds. The number of carbonyl (C=O) groups excluding carboxylic acids is 1. The fourth-order valence-corrected chi connectivity index (χ4v) is 1.69. The van der Waals surface area contributed by atoms with Crippen LogP contribution in [0.15, 0.2) is 12.1 Å². The zero-order chi connectivity index (χ0) is 12.3. The highest BCUT2D eigenvalue weighted by Crippen LogP contribution is 2.29. The zero-order valence-electron chi connectivity index (χ0n) is 10.6. The van der Waals surface area contributed by atoms with Crippen molar-refractivity contribution >= 4 is 6.29 Å². The van der Waals surface area contributed by atoms with E-state index in [1.165, 1.54) is 11.1 Å². The number of rotatable bonds is 4. The van der Waals surface area contributed by atoms with E-state index < -0.39 is 0 Å². The van der Waals surface area contributed by atoms with Gasteiger partial charge in [0.25, 0.3) is 0 Å². The van der Waals surface area contributed by atoms with Crippen LogP contribution in [0.5, 0.6) is 5.75 Å². The predicted molar refractivity (Wildman–Crippen MR) is 65.0 cm³/mol. The first-order chi connectivity index (χ1) is 7.51. The third-order valence-corrected chi connectivity index (χ3v) is 2.85. The zero-order valence-corrected chi connectivity index (χ0v) is 10.6. The molecule has 0 aliphatic carbocycles. The lowest BCUT2D eigenvalue weighted by atomic mass is 10.00. The predicted octanol–water partition coefficient (Wildman–Crippen LogP) is 2.11. The Balaban J connectivity index is 3.30. The van der Waals surface area contributed by atoms with Crippen molar-refractivity contribution < 1.29 is 9.53 Å². The van der Waals surface area contributed by atoms with Crippen molar-refractivity contribution in [1.29, 1.82) is 0 Å². The number of likely N-dealkylation sites (N-methyl/N-ethyl adjacent to an activating group) is 1. The average molecular weight is 221 g/mol. The molecule has 0 fully saturated rings. The van der Waals surface area contributed by atoms with Crippen molar-refractivity contribution in [1.82, 2.24) is 4.90 Å². The maximum atomic E-state index is 11.1. The van der Waals surface area contributed by atoms with Gasteiger partial charge in [-0.3, -0.25) is 4.90 Å². The Morgan fingerprint density at radius 3 is 2.25 bits per heavy atom. The van der Waals surface area contributed by atoms with E-state index in [1.807, 2.05) is 45.0 Å². The molecule has 0 bridgehead atoms. The molecule has 0 saturated heterocycles. The fourth-order valence-electron chi connectivity index (χ4n) is 1.69. The van der Waals surface area contributed by atoms with Crippen molar-refractivity contribution in [3.05, 3.63) is 28.8 Å². The first kappa shape index (κ1) is 12.7. The molecule has 16 heavy (non-hydrogen) atoms. The summed E-state index contributed by atoms with van der Waals surface area (Å²) in [5.74, 6) is 0.772. The summed E-state index contributed by atoms with van der Waals surface area (Å²) < 4.78 is 5.33. The molecular formula is C13H19NO2. The standard InChI is InChI=1S/C13H19NO2/c1-9-6-11(12(8-15)14(3)4)13(16-5)7-10(9)2/h6-8,12H,1-5H3. The minimum absolute atomic E-state index is 0.255. The number of carbonyl (C=O) groups is 1. The van der Waals surface area contributed by atoms with Crippen LogP contribution in [0.25, 0.3) is 0 Å². The molecule has 0 aliphatic rings. The van der Waals surface area contributed by atoms with Crippen LogP contribution >= 0.6 is 0 Å². The number of hydrogen-bond acceptors (Lipinski definition) is 3. The van der Waals surface area contributed by atoms with Crippen LogP contribution < -0.4 is 4.74 Å². The summed E-state index contributed by atoms with van der Waals surface area (Å²) in [7, 11) is 5.40. The van der Waals surface area contributed by atoms with E-state index in [-0.39, 0.29) is 6.04 Å². The second-order valence-electron chi connectivity index (χ2n) is 4.22. The van der Waals surface area contributed by atoms with Gasteiger partial charge in [0.15, 0.2) is 0 Å². The Bertz CT molecular complexity index is 386. The summed E-state index contributed by atoms with van der Waals surface area (Å²) >= 11 is 0. The van der Waals surface area contributed by atoms with Gasteiger partial charge in [0.05, 0.1) is 13.2 Å². The first-order valence-electron chi connectivity index (χ1n) is 5.28. The molecule has 3 nitrogen and oxygen atoms in total. The van der Waals surface area contributed by atoms with Crippen molar-refractivity contribution in [2.75, 3.05) is 21.2 Å². The van der Waals surface area contributed by atoms with Gasteiger partial charge in [0, 0.05) is 5.56 Å². The quantitative estimate of drug-likeness (QED) is 0.729. The summed E-state index contributed by atoms with van der Waals surface area (Å²) in [6.45, 7) is 4.07. The third kappa shape index (κ3) is 2.42. The smallest absolute Gasteiger partial charge is 0.141 e. The summed E-state index contributed by atoms with van der Waals surface area (Å²) in [5.41, 5.74) is 3.26. The fraction of sp³-hybridized carbons (Fsp3) is 0.462.